The molecule has 4 rings (SSSR count). The van der Waals surface area contributed by atoms with Crippen LogP contribution in [0.2, 0.25) is 0 Å². The van der Waals surface area contributed by atoms with Crippen LogP contribution < -0.4 is 14.9 Å². The zero-order valence-corrected chi connectivity index (χ0v) is 19.0. The van der Waals surface area contributed by atoms with Crippen LogP contribution in [0.1, 0.15) is 19.8 Å². The Kier molecular flexibility index (Phi) is 7.10. The Morgan fingerprint density at radius 3 is 2.43 bits per heavy atom. The second-order valence-electron chi connectivity index (χ2n) is 8.31. The SMILES string of the molecule is CC(=O)CC[C@H]1CN(c2cc(F)c(N3CCON(c4ccc([N+](=O)[O-])cc4)CC3)c(F)c2)C(=O)O1. The number of cyclic esters (lactones) is 1. The quantitative estimate of drug-likeness (QED) is 0.426. The topological polar surface area (TPSA) is 105 Å². The van der Waals surface area contributed by atoms with E-state index in [2.05, 4.69) is 0 Å². The van der Waals surface area contributed by atoms with Crippen molar-refractivity contribution < 1.29 is 32.9 Å². The highest BCUT2D eigenvalue weighted by Crippen LogP contribution is 2.32. The van der Waals surface area contributed by atoms with Crippen molar-refractivity contribution in [3.63, 3.8) is 0 Å². The van der Waals surface area contributed by atoms with E-state index in [1.54, 1.807) is 12.1 Å². The van der Waals surface area contributed by atoms with Gasteiger partial charge < -0.3 is 14.4 Å². The number of nitro groups is 1. The Bertz CT molecular complexity index is 1110. The van der Waals surface area contributed by atoms with Crippen LogP contribution in [0.15, 0.2) is 36.4 Å². The summed E-state index contributed by atoms with van der Waals surface area (Å²) >= 11 is 0. The van der Waals surface area contributed by atoms with E-state index in [4.69, 9.17) is 9.57 Å². The molecule has 2 heterocycles. The highest BCUT2D eigenvalue weighted by Gasteiger charge is 2.34. The summed E-state index contributed by atoms with van der Waals surface area (Å²) in [6.07, 6.45) is -0.640. The zero-order valence-electron chi connectivity index (χ0n) is 19.0. The van der Waals surface area contributed by atoms with E-state index in [0.717, 1.165) is 17.0 Å². The van der Waals surface area contributed by atoms with Crippen molar-refractivity contribution in [2.45, 2.75) is 25.9 Å². The van der Waals surface area contributed by atoms with Gasteiger partial charge in [0.15, 0.2) is 11.6 Å². The van der Waals surface area contributed by atoms with E-state index in [1.165, 1.54) is 29.0 Å². The van der Waals surface area contributed by atoms with Crippen molar-refractivity contribution in [3.05, 3.63) is 58.1 Å². The van der Waals surface area contributed by atoms with Gasteiger partial charge in [-0.05, 0) is 25.5 Å². The van der Waals surface area contributed by atoms with Crippen molar-refractivity contribution in [1.82, 2.24) is 0 Å². The molecule has 12 heteroatoms. The first-order chi connectivity index (χ1) is 16.7. The van der Waals surface area contributed by atoms with Gasteiger partial charge in [0, 0.05) is 43.8 Å². The third kappa shape index (κ3) is 5.48. The number of carbonyl (C=O) groups is 2. The van der Waals surface area contributed by atoms with Crippen LogP contribution in [0.5, 0.6) is 0 Å². The molecule has 0 bridgehead atoms. The summed E-state index contributed by atoms with van der Waals surface area (Å²) in [5.41, 5.74) is 0.336. The van der Waals surface area contributed by atoms with E-state index in [9.17, 15) is 19.7 Å². The zero-order chi connectivity index (χ0) is 25.1. The van der Waals surface area contributed by atoms with Gasteiger partial charge in [0.25, 0.3) is 5.69 Å². The Morgan fingerprint density at radius 1 is 1.11 bits per heavy atom. The number of Topliss-reactive ketones (excluding diaryl/α,β-unsaturated/α-hetero) is 1. The number of ketones is 1. The summed E-state index contributed by atoms with van der Waals surface area (Å²) in [5.74, 6) is -1.69. The number of carbonyl (C=O) groups excluding carboxylic acids is 2. The van der Waals surface area contributed by atoms with E-state index in [-0.39, 0.29) is 62.1 Å². The maximum absolute atomic E-state index is 15.1. The number of benzene rings is 2. The molecule has 0 unspecified atom stereocenters. The third-order valence-electron chi connectivity index (χ3n) is 5.85. The number of hydroxylamine groups is 1. The first-order valence-electron chi connectivity index (χ1n) is 11.1. The predicted molar refractivity (Wildman–Crippen MR) is 122 cm³/mol. The van der Waals surface area contributed by atoms with Gasteiger partial charge in [-0.25, -0.2) is 13.6 Å². The largest absolute Gasteiger partial charge is 0.444 e. The molecule has 0 saturated carbocycles. The number of ether oxygens (including phenoxy) is 1. The van der Waals surface area contributed by atoms with E-state index in [1.807, 2.05) is 0 Å². The highest BCUT2D eigenvalue weighted by molar-refractivity contribution is 5.90. The first kappa shape index (κ1) is 24.3. The molecule has 2 aromatic rings. The molecule has 1 atom stereocenters. The van der Waals surface area contributed by atoms with Crippen LogP contribution in [-0.2, 0) is 14.4 Å². The van der Waals surface area contributed by atoms with Gasteiger partial charge in [0.2, 0.25) is 0 Å². The monoisotopic (exact) mass is 490 g/mol. The van der Waals surface area contributed by atoms with Crippen molar-refractivity contribution in [1.29, 1.82) is 0 Å². The van der Waals surface area contributed by atoms with E-state index in [0.29, 0.717) is 12.1 Å². The fourth-order valence-electron chi connectivity index (χ4n) is 4.07. The maximum Gasteiger partial charge on any atom is 0.414 e. The van der Waals surface area contributed by atoms with Gasteiger partial charge in [-0.2, -0.15) is 0 Å². The minimum atomic E-state index is -0.830. The van der Waals surface area contributed by atoms with Crippen LogP contribution in [0.25, 0.3) is 0 Å². The van der Waals surface area contributed by atoms with Gasteiger partial charge in [-0.1, -0.05) is 0 Å². The lowest BCUT2D eigenvalue weighted by Crippen LogP contribution is -2.32. The normalized spacial score (nSPS) is 18.4. The molecule has 35 heavy (non-hydrogen) atoms. The molecule has 186 valence electrons. The number of amides is 1. The fraction of sp³-hybridized carbons (Fsp3) is 0.391. The third-order valence-corrected chi connectivity index (χ3v) is 5.85. The van der Waals surface area contributed by atoms with Gasteiger partial charge in [0.1, 0.15) is 17.6 Å². The molecular weight excluding hydrogens is 466 g/mol. The molecular formula is C23H24F2N4O6. The molecule has 0 radical (unpaired) electrons. The van der Waals surface area contributed by atoms with Gasteiger partial charge in [0.05, 0.1) is 36.0 Å². The number of hydrogen-bond acceptors (Lipinski definition) is 8. The van der Waals surface area contributed by atoms with Crippen LogP contribution in [-0.4, -0.2) is 55.7 Å². The molecule has 2 fully saturated rings. The molecule has 2 saturated heterocycles. The molecule has 0 aromatic heterocycles. The Balaban J connectivity index is 1.45. The highest BCUT2D eigenvalue weighted by atomic mass is 19.1. The average Bonchev–Trinajstić information content (AvgIpc) is 3.02. The summed E-state index contributed by atoms with van der Waals surface area (Å²) in [6.45, 7) is 2.37. The summed E-state index contributed by atoms with van der Waals surface area (Å²) in [7, 11) is 0. The molecule has 0 N–H and O–H groups in total. The molecule has 2 aliphatic heterocycles. The number of anilines is 3. The maximum atomic E-state index is 15.1. The van der Waals surface area contributed by atoms with E-state index >= 15 is 8.78 Å². The van der Waals surface area contributed by atoms with Crippen molar-refractivity contribution in [2.24, 2.45) is 0 Å². The van der Waals surface area contributed by atoms with Gasteiger partial charge in [-0.15, -0.1) is 0 Å². The first-order valence-corrected chi connectivity index (χ1v) is 11.1. The molecule has 1 amide bonds. The Hall–Kier alpha value is -3.80. The van der Waals surface area contributed by atoms with Crippen LogP contribution in [0, 0.1) is 21.7 Å². The molecule has 2 aliphatic rings. The lowest BCUT2D eigenvalue weighted by Gasteiger charge is -2.25. The Morgan fingerprint density at radius 2 is 1.80 bits per heavy atom. The van der Waals surface area contributed by atoms with Crippen LogP contribution >= 0.6 is 0 Å². The van der Waals surface area contributed by atoms with Crippen molar-refractivity contribution >= 4 is 34.6 Å². The van der Waals surface area contributed by atoms with Crippen LogP contribution in [0.4, 0.5) is 36.3 Å². The molecule has 2 aromatic carbocycles. The number of non-ortho nitro benzene ring substituents is 1. The molecule has 0 spiro atoms. The number of nitro benzene ring substituents is 1. The number of rotatable bonds is 7. The minimum absolute atomic E-state index is 0.0329. The molecule has 0 aliphatic carbocycles. The van der Waals surface area contributed by atoms with Crippen LogP contribution in [0.3, 0.4) is 0 Å². The average molecular weight is 490 g/mol. The molecule has 10 nitrogen and oxygen atoms in total. The van der Waals surface area contributed by atoms with Crippen molar-refractivity contribution in [3.8, 4) is 0 Å². The van der Waals surface area contributed by atoms with E-state index < -0.39 is 28.8 Å². The number of nitrogens with zero attached hydrogens (tertiary/aromatic N) is 4. The summed E-state index contributed by atoms with van der Waals surface area (Å²) in [5, 5.41) is 12.4. The standard InChI is InChI=1S/C23H24F2N4O6/c1-15(30)2-7-19-14-27(23(31)35-19)18-12-20(24)22(21(25)13-18)26-8-9-28(34-11-10-26)16-3-5-17(6-4-16)29(32)33/h3-6,12-13,19H,2,7-11,14H2,1H3/t19-/m0/s1. The summed E-state index contributed by atoms with van der Waals surface area (Å²) in [4.78, 5) is 42.1. The lowest BCUT2D eigenvalue weighted by molar-refractivity contribution is -0.384. The lowest BCUT2D eigenvalue weighted by atomic mass is 10.1. The predicted octanol–water partition coefficient (Wildman–Crippen LogP) is 3.83. The number of hydrogen-bond donors (Lipinski definition) is 0. The van der Waals surface area contributed by atoms with Gasteiger partial charge in [-0.3, -0.25) is 24.9 Å². The smallest absolute Gasteiger partial charge is 0.414 e. The Labute approximate surface area is 199 Å². The van der Waals surface area contributed by atoms with Crippen molar-refractivity contribution in [2.75, 3.05) is 47.6 Å². The summed E-state index contributed by atoms with van der Waals surface area (Å²) in [6, 6.07) is 7.98. The fourth-order valence-corrected chi connectivity index (χ4v) is 4.07. The second kappa shape index (κ2) is 10.2. The summed E-state index contributed by atoms with van der Waals surface area (Å²) < 4.78 is 35.4. The second-order valence-corrected chi connectivity index (χ2v) is 8.31. The van der Waals surface area contributed by atoms with Gasteiger partial charge >= 0.3 is 6.09 Å². The minimum Gasteiger partial charge on any atom is -0.444 e. The number of halogens is 2.